The molecule has 5 rings (SSSR count). The normalized spacial score (nSPS) is 24.1. The van der Waals surface area contributed by atoms with Crippen LogP contribution in [-0.4, -0.2) is 35.2 Å². The molecule has 2 aromatic carbocycles. The van der Waals surface area contributed by atoms with Gasteiger partial charge < -0.3 is 14.5 Å². The second-order valence-corrected chi connectivity index (χ2v) is 9.07. The van der Waals surface area contributed by atoms with Gasteiger partial charge in [-0.25, -0.2) is 0 Å². The maximum Gasteiger partial charge on any atom is 0.573 e. The van der Waals surface area contributed by atoms with Gasteiger partial charge in [0.25, 0.3) is 5.91 Å². The zero-order chi connectivity index (χ0) is 23.3. The van der Waals surface area contributed by atoms with Crippen molar-refractivity contribution in [2.45, 2.75) is 63.5 Å². The van der Waals surface area contributed by atoms with E-state index in [1.807, 2.05) is 29.2 Å². The zero-order valence-corrected chi connectivity index (χ0v) is 18.2. The molecule has 2 aliphatic carbocycles. The molecule has 0 saturated heterocycles. The minimum Gasteiger partial charge on any atom is -0.406 e. The van der Waals surface area contributed by atoms with Crippen molar-refractivity contribution in [2.24, 2.45) is 5.92 Å². The van der Waals surface area contributed by atoms with Crippen molar-refractivity contribution in [3.8, 4) is 5.75 Å². The number of carbonyl (C=O) groups is 2. The summed E-state index contributed by atoms with van der Waals surface area (Å²) in [5.74, 6) is -0.431. The molecule has 3 unspecified atom stereocenters. The Kier molecular flexibility index (Phi) is 5.34. The van der Waals surface area contributed by atoms with Crippen LogP contribution in [-0.2, 0) is 4.79 Å². The van der Waals surface area contributed by atoms with Gasteiger partial charge in [0, 0.05) is 36.2 Å². The number of hydrogen-bond acceptors (Lipinski definition) is 3. The minimum absolute atomic E-state index is 0.0583. The van der Waals surface area contributed by atoms with Gasteiger partial charge in [0.2, 0.25) is 5.91 Å². The lowest BCUT2D eigenvalue weighted by molar-refractivity contribution is -0.274. The molecule has 0 radical (unpaired) electrons. The lowest BCUT2D eigenvalue weighted by Crippen LogP contribution is -2.52. The fourth-order valence-electron chi connectivity index (χ4n) is 5.61. The second kappa shape index (κ2) is 8.08. The van der Waals surface area contributed by atoms with Crippen molar-refractivity contribution in [3.63, 3.8) is 0 Å². The number of anilines is 1. The van der Waals surface area contributed by atoms with Gasteiger partial charge in [-0.05, 0) is 61.6 Å². The van der Waals surface area contributed by atoms with E-state index in [0.29, 0.717) is 5.56 Å². The number of halogens is 3. The molecule has 1 aliphatic heterocycles. The summed E-state index contributed by atoms with van der Waals surface area (Å²) in [4.78, 5) is 30.1. The highest BCUT2D eigenvalue weighted by molar-refractivity contribution is 6.07. The van der Waals surface area contributed by atoms with Gasteiger partial charge in [-0.15, -0.1) is 13.2 Å². The number of rotatable bonds is 4. The average molecular weight is 458 g/mol. The van der Waals surface area contributed by atoms with Crippen molar-refractivity contribution >= 4 is 17.5 Å². The highest BCUT2D eigenvalue weighted by Gasteiger charge is 2.50. The third-order valence-electron chi connectivity index (χ3n) is 6.94. The summed E-state index contributed by atoms with van der Waals surface area (Å²) in [6.07, 6.45) is -0.0730. The number of ether oxygens (including phenoxy) is 1. The van der Waals surface area contributed by atoms with E-state index in [1.54, 1.807) is 11.8 Å². The van der Waals surface area contributed by atoms with Crippen LogP contribution in [0.4, 0.5) is 18.9 Å². The van der Waals surface area contributed by atoms with E-state index in [2.05, 4.69) is 4.74 Å². The Hall–Kier alpha value is -3.03. The number of hydrogen-bond donors (Lipinski definition) is 0. The molecule has 8 heteroatoms. The third-order valence-corrected chi connectivity index (χ3v) is 6.94. The molecule has 0 bridgehead atoms. The van der Waals surface area contributed by atoms with Crippen LogP contribution in [0.1, 0.15) is 61.0 Å². The third kappa shape index (κ3) is 4.07. The number of amides is 2. The number of fused-ring (bicyclic) bond motifs is 2. The van der Waals surface area contributed by atoms with Crippen LogP contribution in [0.25, 0.3) is 0 Å². The standard InChI is InChI=1S/C25H25F3N2O3/c1-15(31)29(17-11-12-17)23-19-5-2-3-7-21(19)30(22-8-4-6-20(22)23)24(32)16-9-13-18(14-10-16)33-25(26,27)28/h2-3,5,7,9-10,13-14,17,20,22-23H,4,6,8,11-12H2,1H3. The van der Waals surface area contributed by atoms with E-state index in [1.165, 1.54) is 12.1 Å². The predicted octanol–water partition coefficient (Wildman–Crippen LogP) is 5.47. The first-order valence-electron chi connectivity index (χ1n) is 11.3. The monoisotopic (exact) mass is 458 g/mol. The van der Waals surface area contributed by atoms with Crippen molar-refractivity contribution in [1.82, 2.24) is 4.90 Å². The van der Waals surface area contributed by atoms with Gasteiger partial charge >= 0.3 is 6.36 Å². The Labute approximate surface area is 190 Å². The van der Waals surface area contributed by atoms with Gasteiger partial charge in [0.15, 0.2) is 0 Å². The summed E-state index contributed by atoms with van der Waals surface area (Å²) >= 11 is 0. The fraction of sp³-hybridized carbons (Fsp3) is 0.440. The first-order chi connectivity index (χ1) is 15.7. The lowest BCUT2D eigenvalue weighted by atomic mass is 9.81. The van der Waals surface area contributed by atoms with E-state index < -0.39 is 6.36 Å². The molecular formula is C25H25F3N2O3. The van der Waals surface area contributed by atoms with Gasteiger partial charge in [-0.1, -0.05) is 24.6 Å². The molecule has 33 heavy (non-hydrogen) atoms. The maximum atomic E-state index is 13.6. The highest BCUT2D eigenvalue weighted by atomic mass is 19.4. The van der Waals surface area contributed by atoms with Crippen molar-refractivity contribution in [2.75, 3.05) is 4.90 Å². The van der Waals surface area contributed by atoms with E-state index in [0.717, 1.165) is 55.5 Å². The molecule has 0 N–H and O–H groups in total. The van der Waals surface area contributed by atoms with Gasteiger partial charge in [0.1, 0.15) is 5.75 Å². The van der Waals surface area contributed by atoms with Gasteiger partial charge in [-0.2, -0.15) is 0 Å². The number of para-hydroxylation sites is 1. The topological polar surface area (TPSA) is 49.9 Å². The van der Waals surface area contributed by atoms with Crippen LogP contribution in [0.2, 0.25) is 0 Å². The van der Waals surface area contributed by atoms with E-state index >= 15 is 0 Å². The zero-order valence-electron chi connectivity index (χ0n) is 18.2. The summed E-state index contributed by atoms with van der Waals surface area (Å²) in [5, 5.41) is 0. The Morgan fingerprint density at radius 1 is 1.00 bits per heavy atom. The summed E-state index contributed by atoms with van der Waals surface area (Å²) in [7, 11) is 0. The Morgan fingerprint density at radius 2 is 1.70 bits per heavy atom. The van der Waals surface area contributed by atoms with Gasteiger partial charge in [0.05, 0.1) is 6.04 Å². The molecule has 3 aliphatic rings. The average Bonchev–Trinajstić information content (AvgIpc) is 3.48. The maximum absolute atomic E-state index is 13.6. The summed E-state index contributed by atoms with van der Waals surface area (Å²) < 4.78 is 41.4. The lowest BCUT2D eigenvalue weighted by Gasteiger charge is -2.47. The molecular weight excluding hydrogens is 433 g/mol. The number of alkyl halides is 3. The fourth-order valence-corrected chi connectivity index (χ4v) is 5.61. The predicted molar refractivity (Wildman–Crippen MR) is 116 cm³/mol. The molecule has 0 spiro atoms. The molecule has 1 heterocycles. The Balaban J connectivity index is 1.52. The number of nitrogens with zero attached hydrogens (tertiary/aromatic N) is 2. The summed E-state index contributed by atoms with van der Waals surface area (Å²) in [6, 6.07) is 12.9. The Bertz CT molecular complexity index is 1070. The number of benzene rings is 2. The summed E-state index contributed by atoms with van der Waals surface area (Å²) in [6.45, 7) is 1.62. The van der Waals surface area contributed by atoms with Crippen LogP contribution >= 0.6 is 0 Å². The van der Waals surface area contributed by atoms with E-state index in [9.17, 15) is 22.8 Å². The largest absolute Gasteiger partial charge is 0.573 e. The summed E-state index contributed by atoms with van der Waals surface area (Å²) in [5.41, 5.74) is 2.04. The van der Waals surface area contributed by atoms with Crippen LogP contribution < -0.4 is 9.64 Å². The van der Waals surface area contributed by atoms with Crippen molar-refractivity contribution in [3.05, 3.63) is 59.7 Å². The highest BCUT2D eigenvalue weighted by Crippen LogP contribution is 2.52. The molecule has 174 valence electrons. The van der Waals surface area contributed by atoms with Crippen LogP contribution in [0.5, 0.6) is 5.75 Å². The number of carbonyl (C=O) groups excluding carboxylic acids is 2. The van der Waals surface area contributed by atoms with Crippen LogP contribution in [0.15, 0.2) is 48.5 Å². The molecule has 5 nitrogen and oxygen atoms in total. The van der Waals surface area contributed by atoms with E-state index in [-0.39, 0.29) is 41.6 Å². The molecule has 2 aromatic rings. The smallest absolute Gasteiger partial charge is 0.406 e. The van der Waals surface area contributed by atoms with Crippen LogP contribution in [0, 0.1) is 5.92 Å². The van der Waals surface area contributed by atoms with Crippen molar-refractivity contribution in [1.29, 1.82) is 0 Å². The SMILES string of the molecule is CC(=O)N(C1CC1)C1c2ccccc2N(C(=O)c2ccc(OC(F)(F)F)cc2)C2CCCC21. The first-order valence-corrected chi connectivity index (χ1v) is 11.3. The van der Waals surface area contributed by atoms with Crippen molar-refractivity contribution < 1.29 is 27.5 Å². The molecule has 3 atom stereocenters. The molecule has 2 amide bonds. The quantitative estimate of drug-likeness (QED) is 0.611. The molecule has 2 fully saturated rings. The second-order valence-electron chi connectivity index (χ2n) is 9.07. The van der Waals surface area contributed by atoms with Crippen LogP contribution in [0.3, 0.4) is 0 Å². The first kappa shape index (κ1) is 21.8. The molecule has 0 aromatic heterocycles. The van der Waals surface area contributed by atoms with Gasteiger partial charge in [-0.3, -0.25) is 9.59 Å². The molecule has 2 saturated carbocycles. The minimum atomic E-state index is -4.78. The van der Waals surface area contributed by atoms with E-state index in [4.69, 9.17) is 0 Å². The Morgan fingerprint density at radius 3 is 2.33 bits per heavy atom.